The number of rotatable bonds is 6. The number of likely N-dealkylation sites (tertiary alicyclic amines) is 1. The van der Waals surface area contributed by atoms with E-state index in [9.17, 15) is 4.79 Å². The molecule has 0 bridgehead atoms. The number of nitrogens with zero attached hydrogens (tertiary/aromatic N) is 4. The van der Waals surface area contributed by atoms with Crippen LogP contribution in [0, 0.1) is 0 Å². The van der Waals surface area contributed by atoms with Gasteiger partial charge in [-0.3, -0.25) is 14.0 Å². The second kappa shape index (κ2) is 9.57. The maximum Gasteiger partial charge on any atom is 0.332 e. The maximum absolute atomic E-state index is 13.2. The first-order valence-electron chi connectivity index (χ1n) is 12.1. The molecule has 0 N–H and O–H groups in total. The molecule has 0 radical (unpaired) electrons. The minimum Gasteiger partial charge on any atom is -0.457 e. The lowest BCUT2D eigenvalue weighted by Crippen LogP contribution is -2.44. The third-order valence-electron chi connectivity index (χ3n) is 7.48. The van der Waals surface area contributed by atoms with Gasteiger partial charge in [-0.1, -0.05) is 18.2 Å². The van der Waals surface area contributed by atoms with E-state index in [1.807, 2.05) is 71.6 Å². The summed E-state index contributed by atoms with van der Waals surface area (Å²) >= 11 is 0. The highest BCUT2D eigenvalue weighted by molar-refractivity contribution is 5.39. The molecule has 1 saturated carbocycles. The number of hydrogen-bond donors (Lipinski definition) is 0. The van der Waals surface area contributed by atoms with Gasteiger partial charge in [0.1, 0.15) is 11.5 Å². The number of imidazole rings is 1. The fourth-order valence-corrected chi connectivity index (χ4v) is 5.45. The normalized spacial score (nSPS) is 23.8. The summed E-state index contributed by atoms with van der Waals surface area (Å²) in [7, 11) is 4.51. The molecule has 2 aromatic carbocycles. The van der Waals surface area contributed by atoms with Gasteiger partial charge in [0, 0.05) is 37.1 Å². The Morgan fingerprint density at radius 1 is 0.848 bits per heavy atom. The third-order valence-corrected chi connectivity index (χ3v) is 7.48. The van der Waals surface area contributed by atoms with Crippen LogP contribution >= 0.6 is 0 Å². The van der Waals surface area contributed by atoms with Crippen LogP contribution in [0.4, 0.5) is 0 Å². The van der Waals surface area contributed by atoms with Crippen LogP contribution in [0.1, 0.15) is 38.1 Å². The summed E-state index contributed by atoms with van der Waals surface area (Å²) in [6.45, 7) is 2.38. The molecule has 33 heavy (non-hydrogen) atoms. The number of benzene rings is 2. The molecule has 2 heterocycles. The second-order valence-corrected chi connectivity index (χ2v) is 9.60. The first-order chi connectivity index (χ1) is 16.1. The van der Waals surface area contributed by atoms with Crippen LogP contribution < -0.4 is 10.4 Å². The fraction of sp³-hybridized carbons (Fsp3) is 0.444. The number of likely N-dealkylation sites (N-methyl/N-ethyl adjacent to an activating group) is 2. The highest BCUT2D eigenvalue weighted by atomic mass is 16.5. The zero-order valence-electron chi connectivity index (χ0n) is 19.6. The Labute approximate surface area is 196 Å². The average Bonchev–Trinajstić information content (AvgIpc) is 3.45. The van der Waals surface area contributed by atoms with Crippen LogP contribution in [0.3, 0.4) is 0 Å². The first-order valence-corrected chi connectivity index (χ1v) is 12.1. The predicted octanol–water partition coefficient (Wildman–Crippen LogP) is 4.55. The van der Waals surface area contributed by atoms with E-state index < -0.39 is 0 Å². The Hall–Kier alpha value is -2.83. The van der Waals surface area contributed by atoms with Crippen molar-refractivity contribution in [3.63, 3.8) is 0 Å². The molecule has 2 aliphatic rings. The Morgan fingerprint density at radius 3 is 2.21 bits per heavy atom. The molecular weight excluding hydrogens is 412 g/mol. The highest BCUT2D eigenvalue weighted by Crippen LogP contribution is 2.32. The topological polar surface area (TPSA) is 42.6 Å². The molecule has 6 heteroatoms. The Kier molecular flexibility index (Phi) is 6.38. The summed E-state index contributed by atoms with van der Waals surface area (Å²) in [5.74, 6) is 1.56. The molecule has 6 nitrogen and oxygen atoms in total. The van der Waals surface area contributed by atoms with Gasteiger partial charge < -0.3 is 9.64 Å². The van der Waals surface area contributed by atoms with E-state index in [4.69, 9.17) is 4.74 Å². The van der Waals surface area contributed by atoms with Crippen molar-refractivity contribution in [3.8, 4) is 17.2 Å². The number of ether oxygens (including phenoxy) is 1. The summed E-state index contributed by atoms with van der Waals surface area (Å²) in [6.07, 6.45) is 9.55. The van der Waals surface area contributed by atoms with Crippen LogP contribution in [0.25, 0.3) is 5.69 Å². The molecule has 174 valence electrons. The molecule has 0 amide bonds. The molecule has 1 unspecified atom stereocenters. The van der Waals surface area contributed by atoms with Gasteiger partial charge in [0.15, 0.2) is 0 Å². The lowest BCUT2D eigenvalue weighted by Gasteiger charge is -2.38. The zero-order chi connectivity index (χ0) is 22.8. The van der Waals surface area contributed by atoms with Crippen LogP contribution in [0.5, 0.6) is 11.5 Å². The Morgan fingerprint density at radius 2 is 1.55 bits per heavy atom. The van der Waals surface area contributed by atoms with Crippen molar-refractivity contribution in [2.45, 2.75) is 50.2 Å². The number of hydrogen-bond acceptors (Lipinski definition) is 4. The van der Waals surface area contributed by atoms with Gasteiger partial charge in [-0.15, -0.1) is 0 Å². The van der Waals surface area contributed by atoms with Crippen LogP contribution in [0.2, 0.25) is 0 Å². The van der Waals surface area contributed by atoms with E-state index in [2.05, 4.69) is 23.9 Å². The molecule has 2 fully saturated rings. The van der Waals surface area contributed by atoms with E-state index in [-0.39, 0.29) is 11.7 Å². The van der Waals surface area contributed by atoms with Crippen LogP contribution in [-0.2, 0) is 0 Å². The zero-order valence-corrected chi connectivity index (χ0v) is 19.6. The van der Waals surface area contributed by atoms with Gasteiger partial charge in [-0.25, -0.2) is 4.79 Å². The molecular formula is C27H34N4O2. The van der Waals surface area contributed by atoms with E-state index in [0.29, 0.717) is 12.1 Å². The van der Waals surface area contributed by atoms with Gasteiger partial charge in [0.2, 0.25) is 0 Å². The van der Waals surface area contributed by atoms with Crippen molar-refractivity contribution in [3.05, 3.63) is 77.5 Å². The Bertz CT molecular complexity index is 1100. The summed E-state index contributed by atoms with van der Waals surface area (Å²) in [4.78, 5) is 18.2. The average molecular weight is 447 g/mol. The van der Waals surface area contributed by atoms with E-state index in [0.717, 1.165) is 42.9 Å². The van der Waals surface area contributed by atoms with Crippen molar-refractivity contribution in [1.29, 1.82) is 0 Å². The van der Waals surface area contributed by atoms with Gasteiger partial charge >= 0.3 is 5.69 Å². The van der Waals surface area contributed by atoms with Crippen molar-refractivity contribution in [1.82, 2.24) is 18.9 Å². The summed E-state index contributed by atoms with van der Waals surface area (Å²) in [6, 6.07) is 19.0. The standard InChI is InChI=1S/C27H34N4O2/c1-28-17-16-24(20-28)29(2)21-8-10-22(11-9-21)30-18-19-31(27(30)32)23-12-14-26(15-13-23)33-25-6-4-3-5-7-25/h3-7,12-15,18-19,21-22,24H,8-11,16-17,20H2,1-2H3. The third kappa shape index (κ3) is 4.77. The minimum atomic E-state index is 0.0425. The fourth-order valence-electron chi connectivity index (χ4n) is 5.45. The van der Waals surface area contributed by atoms with Crippen molar-refractivity contribution in [2.24, 2.45) is 0 Å². The lowest BCUT2D eigenvalue weighted by atomic mass is 9.89. The van der Waals surface area contributed by atoms with Gasteiger partial charge in [-0.2, -0.15) is 0 Å². The Balaban J connectivity index is 1.22. The smallest absolute Gasteiger partial charge is 0.332 e. The van der Waals surface area contributed by atoms with Crippen molar-refractivity contribution < 1.29 is 4.74 Å². The number of para-hydroxylation sites is 1. The van der Waals surface area contributed by atoms with E-state index in [1.165, 1.54) is 19.5 Å². The molecule has 1 aliphatic heterocycles. The molecule has 1 aromatic heterocycles. The second-order valence-electron chi connectivity index (χ2n) is 9.60. The minimum absolute atomic E-state index is 0.0425. The molecule has 1 aliphatic carbocycles. The van der Waals surface area contributed by atoms with Gasteiger partial charge in [0.25, 0.3) is 0 Å². The molecule has 0 spiro atoms. The van der Waals surface area contributed by atoms with E-state index >= 15 is 0 Å². The molecule has 5 rings (SSSR count). The predicted molar refractivity (Wildman–Crippen MR) is 132 cm³/mol. The molecule has 1 saturated heterocycles. The summed E-state index contributed by atoms with van der Waals surface area (Å²) in [5, 5.41) is 0. The largest absolute Gasteiger partial charge is 0.457 e. The highest BCUT2D eigenvalue weighted by Gasteiger charge is 2.31. The lowest BCUT2D eigenvalue weighted by molar-refractivity contribution is 0.123. The van der Waals surface area contributed by atoms with Crippen molar-refractivity contribution in [2.75, 3.05) is 27.2 Å². The molecule has 1 atom stereocenters. The monoisotopic (exact) mass is 446 g/mol. The van der Waals surface area contributed by atoms with E-state index in [1.54, 1.807) is 4.57 Å². The van der Waals surface area contributed by atoms with Crippen molar-refractivity contribution >= 4 is 0 Å². The molecule has 3 aromatic rings. The SMILES string of the molecule is CN1CCC(N(C)C2CCC(n3ccn(-c4ccc(Oc5ccccc5)cc4)c3=O)CC2)C1. The van der Waals surface area contributed by atoms with Gasteiger partial charge in [-0.05, 0) is 89.1 Å². The summed E-state index contributed by atoms with van der Waals surface area (Å²) < 4.78 is 9.55. The summed E-state index contributed by atoms with van der Waals surface area (Å²) in [5.41, 5.74) is 0.902. The van der Waals surface area contributed by atoms with Crippen LogP contribution in [-0.4, -0.2) is 58.2 Å². The number of aromatic nitrogens is 2. The maximum atomic E-state index is 13.2. The van der Waals surface area contributed by atoms with Crippen LogP contribution in [0.15, 0.2) is 71.8 Å². The first kappa shape index (κ1) is 22.0. The van der Waals surface area contributed by atoms with Gasteiger partial charge in [0.05, 0.1) is 5.69 Å². The quantitative estimate of drug-likeness (QED) is 0.557.